The predicted molar refractivity (Wildman–Crippen MR) is 100 cm³/mol. The summed E-state index contributed by atoms with van der Waals surface area (Å²) in [6, 6.07) is 10.1. The van der Waals surface area contributed by atoms with E-state index in [9.17, 15) is 4.79 Å². The fourth-order valence-corrected chi connectivity index (χ4v) is 2.33. The van der Waals surface area contributed by atoms with Gasteiger partial charge in [-0.25, -0.2) is 4.99 Å². The van der Waals surface area contributed by atoms with Gasteiger partial charge in [0.05, 0.1) is 13.1 Å². The van der Waals surface area contributed by atoms with E-state index in [4.69, 9.17) is 0 Å². The topological polar surface area (TPSA) is 56.7 Å². The van der Waals surface area contributed by atoms with Gasteiger partial charge in [-0.1, -0.05) is 30.3 Å². The molecule has 1 amide bonds. The minimum atomic E-state index is 0. The van der Waals surface area contributed by atoms with Crippen molar-refractivity contribution in [3.05, 3.63) is 35.9 Å². The molecule has 0 aliphatic carbocycles. The third kappa shape index (κ3) is 6.21. The molecule has 1 aliphatic rings. The summed E-state index contributed by atoms with van der Waals surface area (Å²) >= 11 is 0. The Bertz CT molecular complexity index is 472. The normalized spacial score (nSPS) is 14.4. The summed E-state index contributed by atoms with van der Waals surface area (Å²) in [5.74, 6) is 0.840. The lowest BCUT2D eigenvalue weighted by molar-refractivity contribution is -0.128. The minimum Gasteiger partial charge on any atom is -0.357 e. The standard InChI is InChI=1S/C16H24N4O.HI/c1-2-17-16(18-12-14-8-4-3-5-9-14)19-13-15(21)20-10-6-7-11-20;/h3-5,8-9H,2,6-7,10-13H2,1H3,(H2,17,18,19);1H. The van der Waals surface area contributed by atoms with Gasteiger partial charge in [-0.2, -0.15) is 0 Å². The molecule has 122 valence electrons. The van der Waals surface area contributed by atoms with Gasteiger partial charge in [-0.3, -0.25) is 4.79 Å². The first-order chi connectivity index (χ1) is 10.3. The van der Waals surface area contributed by atoms with Crippen LogP contribution in [0.25, 0.3) is 0 Å². The molecule has 5 nitrogen and oxygen atoms in total. The molecule has 1 saturated heterocycles. The number of nitrogens with one attached hydrogen (secondary N) is 2. The summed E-state index contributed by atoms with van der Waals surface area (Å²) in [5.41, 5.74) is 1.15. The second-order valence-electron chi connectivity index (χ2n) is 5.12. The highest BCUT2D eigenvalue weighted by molar-refractivity contribution is 14.0. The van der Waals surface area contributed by atoms with E-state index < -0.39 is 0 Å². The molecule has 1 aliphatic heterocycles. The van der Waals surface area contributed by atoms with Crippen molar-refractivity contribution >= 4 is 35.8 Å². The van der Waals surface area contributed by atoms with Gasteiger partial charge in [0.15, 0.2) is 5.96 Å². The van der Waals surface area contributed by atoms with E-state index in [-0.39, 0.29) is 29.9 Å². The third-order valence-electron chi connectivity index (χ3n) is 3.47. The molecule has 0 atom stereocenters. The Balaban J connectivity index is 0.00000242. The Hall–Kier alpha value is -1.31. The Labute approximate surface area is 149 Å². The molecule has 0 unspecified atom stereocenters. The van der Waals surface area contributed by atoms with Crippen LogP contribution < -0.4 is 10.6 Å². The molecule has 1 aromatic rings. The van der Waals surface area contributed by atoms with Gasteiger partial charge < -0.3 is 15.5 Å². The number of carbonyl (C=O) groups excluding carboxylic acids is 1. The molecule has 0 aromatic heterocycles. The van der Waals surface area contributed by atoms with Crippen LogP contribution in [0.1, 0.15) is 25.3 Å². The first-order valence-electron chi connectivity index (χ1n) is 7.63. The van der Waals surface area contributed by atoms with E-state index in [1.54, 1.807) is 0 Å². The predicted octanol–water partition coefficient (Wildman–Crippen LogP) is 1.98. The highest BCUT2D eigenvalue weighted by atomic mass is 127. The van der Waals surface area contributed by atoms with Gasteiger partial charge in [-0.05, 0) is 25.3 Å². The maximum atomic E-state index is 12.0. The molecule has 2 rings (SSSR count). The zero-order valence-electron chi connectivity index (χ0n) is 13.0. The van der Waals surface area contributed by atoms with Crippen molar-refractivity contribution in [2.24, 2.45) is 4.99 Å². The second kappa shape index (κ2) is 10.4. The van der Waals surface area contributed by atoms with E-state index >= 15 is 0 Å². The molecule has 22 heavy (non-hydrogen) atoms. The summed E-state index contributed by atoms with van der Waals surface area (Å²) in [6.07, 6.45) is 2.24. The van der Waals surface area contributed by atoms with Crippen LogP contribution in [0.4, 0.5) is 0 Å². The molecule has 1 fully saturated rings. The Morgan fingerprint density at radius 2 is 1.86 bits per heavy atom. The fraction of sp³-hybridized carbons (Fsp3) is 0.500. The van der Waals surface area contributed by atoms with Crippen LogP contribution in [0.15, 0.2) is 35.3 Å². The van der Waals surface area contributed by atoms with Gasteiger partial charge >= 0.3 is 0 Å². The summed E-state index contributed by atoms with van der Waals surface area (Å²) in [5, 5.41) is 6.28. The van der Waals surface area contributed by atoms with Gasteiger partial charge in [0.2, 0.25) is 5.91 Å². The van der Waals surface area contributed by atoms with Gasteiger partial charge in [-0.15, -0.1) is 24.0 Å². The zero-order valence-corrected chi connectivity index (χ0v) is 15.4. The summed E-state index contributed by atoms with van der Waals surface area (Å²) in [6.45, 7) is 5.48. The van der Waals surface area contributed by atoms with Gasteiger partial charge in [0.1, 0.15) is 0 Å². The lowest BCUT2D eigenvalue weighted by Gasteiger charge is -2.17. The van der Waals surface area contributed by atoms with Crippen LogP contribution in [0.3, 0.4) is 0 Å². The van der Waals surface area contributed by atoms with Crippen LogP contribution in [-0.2, 0) is 11.3 Å². The number of hydrogen-bond acceptors (Lipinski definition) is 2. The van der Waals surface area contributed by atoms with Crippen LogP contribution in [-0.4, -0.2) is 42.9 Å². The number of guanidine groups is 1. The number of rotatable bonds is 5. The molecule has 0 saturated carbocycles. The average molecular weight is 416 g/mol. The molecule has 1 heterocycles. The van der Waals surface area contributed by atoms with Crippen LogP contribution in [0, 0.1) is 0 Å². The number of likely N-dealkylation sites (tertiary alicyclic amines) is 1. The van der Waals surface area contributed by atoms with Gasteiger partial charge in [0.25, 0.3) is 0 Å². The molecule has 6 heteroatoms. The van der Waals surface area contributed by atoms with Crippen LogP contribution in [0.5, 0.6) is 0 Å². The Kier molecular flexibility index (Phi) is 8.88. The number of amides is 1. The molecular weight excluding hydrogens is 391 g/mol. The summed E-state index contributed by atoms with van der Waals surface area (Å²) < 4.78 is 0. The number of carbonyl (C=O) groups is 1. The van der Waals surface area contributed by atoms with E-state index in [2.05, 4.69) is 15.6 Å². The van der Waals surface area contributed by atoms with Gasteiger partial charge in [0, 0.05) is 19.6 Å². The smallest absolute Gasteiger partial charge is 0.241 e. The molecule has 0 bridgehead atoms. The number of benzene rings is 1. The lowest BCUT2D eigenvalue weighted by Crippen LogP contribution is -2.44. The van der Waals surface area contributed by atoms with E-state index in [0.29, 0.717) is 19.0 Å². The van der Waals surface area contributed by atoms with Crippen molar-refractivity contribution in [1.82, 2.24) is 15.5 Å². The molecule has 1 aromatic carbocycles. The maximum absolute atomic E-state index is 12.0. The van der Waals surface area contributed by atoms with Crippen molar-refractivity contribution in [2.45, 2.75) is 26.3 Å². The third-order valence-corrected chi connectivity index (χ3v) is 3.47. The minimum absolute atomic E-state index is 0. The second-order valence-corrected chi connectivity index (χ2v) is 5.12. The first kappa shape index (κ1) is 18.7. The monoisotopic (exact) mass is 416 g/mol. The molecule has 0 radical (unpaired) electrons. The lowest BCUT2D eigenvalue weighted by atomic mass is 10.2. The SMILES string of the molecule is CCNC(=NCc1ccccc1)NCC(=O)N1CCCC1.I. The maximum Gasteiger partial charge on any atom is 0.241 e. The van der Waals surface area contributed by atoms with E-state index in [0.717, 1.165) is 38.0 Å². The van der Waals surface area contributed by atoms with Crippen molar-refractivity contribution in [3.63, 3.8) is 0 Å². The van der Waals surface area contributed by atoms with Crippen LogP contribution in [0.2, 0.25) is 0 Å². The highest BCUT2D eigenvalue weighted by Gasteiger charge is 2.17. The van der Waals surface area contributed by atoms with Crippen LogP contribution >= 0.6 is 24.0 Å². The molecule has 2 N–H and O–H groups in total. The van der Waals surface area contributed by atoms with Crippen molar-refractivity contribution in [3.8, 4) is 0 Å². The number of halogens is 1. The highest BCUT2D eigenvalue weighted by Crippen LogP contribution is 2.06. The quantitative estimate of drug-likeness (QED) is 0.439. The average Bonchev–Trinajstić information content (AvgIpc) is 3.05. The molecule has 0 spiro atoms. The number of aliphatic imine (C=N–C) groups is 1. The molecular formula is C16H25IN4O. The summed E-state index contributed by atoms with van der Waals surface area (Å²) in [7, 11) is 0. The first-order valence-corrected chi connectivity index (χ1v) is 7.63. The van der Waals surface area contributed by atoms with Crippen molar-refractivity contribution in [2.75, 3.05) is 26.2 Å². The largest absolute Gasteiger partial charge is 0.357 e. The number of nitrogens with zero attached hydrogens (tertiary/aromatic N) is 2. The Morgan fingerprint density at radius 3 is 2.50 bits per heavy atom. The van der Waals surface area contributed by atoms with Crippen molar-refractivity contribution in [1.29, 1.82) is 0 Å². The number of hydrogen-bond donors (Lipinski definition) is 2. The Morgan fingerprint density at radius 1 is 1.18 bits per heavy atom. The van der Waals surface area contributed by atoms with E-state index in [1.165, 1.54) is 0 Å². The fourth-order valence-electron chi connectivity index (χ4n) is 2.33. The zero-order chi connectivity index (χ0) is 14.9. The van der Waals surface area contributed by atoms with Crippen molar-refractivity contribution < 1.29 is 4.79 Å². The summed E-state index contributed by atoms with van der Waals surface area (Å²) in [4.78, 5) is 18.4. The van der Waals surface area contributed by atoms with E-state index in [1.807, 2.05) is 42.2 Å².